The molecular formula is C23H15BrCl2F3N5O2. The Morgan fingerprint density at radius 1 is 1.11 bits per heavy atom. The highest BCUT2D eigenvalue weighted by atomic mass is 79.9. The first kappa shape index (κ1) is 25.9. The second-order valence-electron chi connectivity index (χ2n) is 7.43. The molecule has 2 heterocycles. The van der Waals surface area contributed by atoms with E-state index in [0.29, 0.717) is 28.1 Å². The summed E-state index contributed by atoms with van der Waals surface area (Å²) in [6.07, 6.45) is -3.55. The SMILES string of the molecule is CCNC(=O)c1cc2cc(Br)ccc2c(Cl)c1NC(=O)c1cc(C(F)(F)F)nn1-c1ncccc1Cl. The number of anilines is 1. The first-order chi connectivity index (χ1) is 17.0. The van der Waals surface area contributed by atoms with Crippen molar-refractivity contribution in [3.05, 3.63) is 80.1 Å². The molecule has 0 saturated carbocycles. The Kier molecular flexibility index (Phi) is 7.26. The van der Waals surface area contributed by atoms with Crippen molar-refractivity contribution in [3.63, 3.8) is 0 Å². The number of nitrogens with zero attached hydrogens (tertiary/aromatic N) is 3. The molecule has 2 amide bonds. The van der Waals surface area contributed by atoms with Gasteiger partial charge in [-0.2, -0.15) is 18.3 Å². The number of fused-ring (bicyclic) bond motifs is 1. The second-order valence-corrected chi connectivity index (χ2v) is 9.13. The van der Waals surface area contributed by atoms with Crippen LogP contribution in [0.1, 0.15) is 33.5 Å². The fourth-order valence-electron chi connectivity index (χ4n) is 3.44. The van der Waals surface area contributed by atoms with Gasteiger partial charge in [0.25, 0.3) is 11.8 Å². The quantitative estimate of drug-likeness (QED) is 0.273. The third kappa shape index (κ3) is 5.04. The number of halogens is 6. The summed E-state index contributed by atoms with van der Waals surface area (Å²) in [5.41, 5.74) is -1.89. The maximum absolute atomic E-state index is 13.5. The van der Waals surface area contributed by atoms with Crippen molar-refractivity contribution in [2.24, 2.45) is 0 Å². The molecule has 0 spiro atoms. The highest BCUT2D eigenvalue weighted by Gasteiger charge is 2.37. The summed E-state index contributed by atoms with van der Waals surface area (Å²) in [6.45, 7) is 2.00. The van der Waals surface area contributed by atoms with Gasteiger partial charge in [-0.05, 0) is 42.6 Å². The zero-order chi connectivity index (χ0) is 26.2. The van der Waals surface area contributed by atoms with Crippen molar-refractivity contribution in [2.75, 3.05) is 11.9 Å². The van der Waals surface area contributed by atoms with Crippen LogP contribution in [0.2, 0.25) is 10.0 Å². The van der Waals surface area contributed by atoms with Crippen LogP contribution in [0.3, 0.4) is 0 Å². The molecule has 7 nitrogen and oxygen atoms in total. The van der Waals surface area contributed by atoms with Gasteiger partial charge in [-0.3, -0.25) is 9.59 Å². The van der Waals surface area contributed by atoms with Crippen LogP contribution >= 0.6 is 39.1 Å². The monoisotopic (exact) mass is 599 g/mol. The van der Waals surface area contributed by atoms with Crippen LogP contribution in [0, 0.1) is 0 Å². The largest absolute Gasteiger partial charge is 0.435 e. The van der Waals surface area contributed by atoms with Gasteiger partial charge in [0.05, 0.1) is 21.3 Å². The van der Waals surface area contributed by atoms with E-state index in [2.05, 4.69) is 36.6 Å². The molecule has 0 unspecified atom stereocenters. The Morgan fingerprint density at radius 3 is 2.53 bits per heavy atom. The number of carbonyl (C=O) groups is 2. The van der Waals surface area contributed by atoms with Gasteiger partial charge in [0.2, 0.25) is 0 Å². The molecular weight excluding hydrogens is 586 g/mol. The van der Waals surface area contributed by atoms with Gasteiger partial charge in [0.1, 0.15) is 5.69 Å². The molecule has 0 aliphatic rings. The molecule has 0 aliphatic carbocycles. The lowest BCUT2D eigenvalue weighted by atomic mass is 10.0. The van der Waals surface area contributed by atoms with Crippen LogP contribution in [-0.2, 0) is 6.18 Å². The summed E-state index contributed by atoms with van der Waals surface area (Å²) in [6, 6.07) is 10.1. The number of nitrogens with one attached hydrogen (secondary N) is 2. The normalized spacial score (nSPS) is 11.5. The predicted molar refractivity (Wildman–Crippen MR) is 134 cm³/mol. The molecule has 0 bridgehead atoms. The van der Waals surface area contributed by atoms with Crippen molar-refractivity contribution in [2.45, 2.75) is 13.1 Å². The first-order valence-electron chi connectivity index (χ1n) is 10.3. The summed E-state index contributed by atoms with van der Waals surface area (Å²) < 4.78 is 41.9. The number of rotatable bonds is 5. The van der Waals surface area contributed by atoms with Gasteiger partial charge >= 0.3 is 6.18 Å². The van der Waals surface area contributed by atoms with Crippen molar-refractivity contribution < 1.29 is 22.8 Å². The van der Waals surface area contributed by atoms with Crippen LogP contribution < -0.4 is 10.6 Å². The fraction of sp³-hybridized carbons (Fsp3) is 0.130. The molecule has 4 aromatic rings. The number of carbonyl (C=O) groups excluding carboxylic acids is 2. The van der Waals surface area contributed by atoms with Crippen molar-refractivity contribution in [1.29, 1.82) is 0 Å². The average Bonchev–Trinajstić information content (AvgIpc) is 3.27. The third-order valence-electron chi connectivity index (χ3n) is 5.03. The number of pyridine rings is 1. The summed E-state index contributed by atoms with van der Waals surface area (Å²) in [7, 11) is 0. The van der Waals surface area contributed by atoms with Crippen molar-refractivity contribution in [1.82, 2.24) is 20.1 Å². The zero-order valence-corrected chi connectivity index (χ0v) is 21.3. The highest BCUT2D eigenvalue weighted by Crippen LogP contribution is 2.37. The minimum absolute atomic E-state index is 0.0266. The van der Waals surface area contributed by atoms with E-state index in [1.54, 1.807) is 25.1 Å². The Labute approximate surface area is 220 Å². The molecule has 0 aliphatic heterocycles. The Hall–Kier alpha value is -3.15. The molecule has 13 heteroatoms. The summed E-state index contributed by atoms with van der Waals surface area (Å²) >= 11 is 16.1. The minimum Gasteiger partial charge on any atom is -0.352 e. The number of hydrogen-bond acceptors (Lipinski definition) is 4. The van der Waals surface area contributed by atoms with E-state index < -0.39 is 29.4 Å². The van der Waals surface area contributed by atoms with Crippen LogP contribution in [0.25, 0.3) is 16.6 Å². The first-order valence-corrected chi connectivity index (χ1v) is 11.9. The number of amides is 2. The molecule has 2 N–H and O–H groups in total. The van der Waals surface area contributed by atoms with Gasteiger partial charge in [0, 0.05) is 28.7 Å². The lowest BCUT2D eigenvalue weighted by Crippen LogP contribution is -2.25. The summed E-state index contributed by atoms with van der Waals surface area (Å²) in [5.74, 6) is -1.73. The number of aromatic nitrogens is 3. The maximum atomic E-state index is 13.5. The van der Waals surface area contributed by atoms with Crippen molar-refractivity contribution >= 4 is 67.4 Å². The van der Waals surface area contributed by atoms with E-state index in [4.69, 9.17) is 23.2 Å². The van der Waals surface area contributed by atoms with Gasteiger partial charge in [-0.25, -0.2) is 9.67 Å². The molecule has 186 valence electrons. The average molecular weight is 601 g/mol. The number of hydrogen-bond donors (Lipinski definition) is 2. The van der Waals surface area contributed by atoms with Crippen LogP contribution in [-0.4, -0.2) is 33.1 Å². The van der Waals surface area contributed by atoms with E-state index >= 15 is 0 Å². The summed E-state index contributed by atoms with van der Waals surface area (Å²) in [4.78, 5) is 30.1. The topological polar surface area (TPSA) is 88.9 Å². The minimum atomic E-state index is -4.85. The Bertz CT molecular complexity index is 1510. The smallest absolute Gasteiger partial charge is 0.352 e. The van der Waals surface area contributed by atoms with Gasteiger partial charge in [-0.15, -0.1) is 0 Å². The zero-order valence-electron chi connectivity index (χ0n) is 18.3. The van der Waals surface area contributed by atoms with E-state index in [1.807, 2.05) is 0 Å². The molecule has 2 aromatic heterocycles. The Morgan fingerprint density at radius 2 is 1.86 bits per heavy atom. The molecule has 36 heavy (non-hydrogen) atoms. The standard InChI is InChI=1S/C23H15BrCl2F3N5O2/c1-2-30-21(35)14-9-11-8-12(24)5-6-13(11)18(26)19(14)32-22(36)16-10-17(23(27,28)29)33-34(16)20-15(25)4-3-7-31-20/h3-10H,2H2,1H3,(H,30,35)(H,32,36). The Balaban J connectivity index is 1.87. The maximum Gasteiger partial charge on any atom is 0.435 e. The molecule has 0 fully saturated rings. The summed E-state index contributed by atoms with van der Waals surface area (Å²) in [5, 5.41) is 9.77. The van der Waals surface area contributed by atoms with Crippen molar-refractivity contribution in [3.8, 4) is 5.82 Å². The van der Waals surface area contributed by atoms with Crippen LogP contribution in [0.4, 0.5) is 18.9 Å². The van der Waals surface area contributed by atoms with E-state index in [1.165, 1.54) is 24.4 Å². The van der Waals surface area contributed by atoms with Gasteiger partial charge < -0.3 is 10.6 Å². The highest BCUT2D eigenvalue weighted by molar-refractivity contribution is 9.10. The molecule has 2 aromatic carbocycles. The molecule has 0 radical (unpaired) electrons. The molecule has 0 saturated heterocycles. The number of benzene rings is 2. The lowest BCUT2D eigenvalue weighted by molar-refractivity contribution is -0.141. The fourth-order valence-corrected chi connectivity index (χ4v) is 4.35. The predicted octanol–water partition coefficient (Wildman–Crippen LogP) is 6.51. The lowest BCUT2D eigenvalue weighted by Gasteiger charge is -2.16. The van der Waals surface area contributed by atoms with Gasteiger partial charge in [0.15, 0.2) is 11.5 Å². The van der Waals surface area contributed by atoms with Gasteiger partial charge in [-0.1, -0.05) is 45.2 Å². The third-order valence-corrected chi connectivity index (χ3v) is 6.21. The number of alkyl halides is 3. The van der Waals surface area contributed by atoms with E-state index in [-0.39, 0.29) is 27.1 Å². The second kappa shape index (κ2) is 10.1. The molecule has 0 atom stereocenters. The van der Waals surface area contributed by atoms with Crippen LogP contribution in [0.15, 0.2) is 53.1 Å². The molecule has 4 rings (SSSR count). The van der Waals surface area contributed by atoms with Crippen LogP contribution in [0.5, 0.6) is 0 Å². The van der Waals surface area contributed by atoms with E-state index in [0.717, 1.165) is 4.47 Å². The van der Waals surface area contributed by atoms with E-state index in [9.17, 15) is 22.8 Å².